The number of aliphatic hydroxyl groups is 1. The highest BCUT2D eigenvalue weighted by Gasteiger charge is 2.19. The normalized spacial score (nSPS) is 13.1. The zero-order chi connectivity index (χ0) is 22.5. The number of aromatic nitrogens is 2. The van der Waals surface area contributed by atoms with Crippen LogP contribution in [0.2, 0.25) is 5.02 Å². The van der Waals surface area contributed by atoms with E-state index in [-0.39, 0.29) is 11.6 Å². The average Bonchev–Trinajstić information content (AvgIpc) is 3.12. The number of nitrogens with one attached hydrogen (secondary N) is 1. The van der Waals surface area contributed by atoms with Crippen molar-refractivity contribution in [3.8, 4) is 11.1 Å². The van der Waals surface area contributed by atoms with E-state index in [2.05, 4.69) is 37.6 Å². The van der Waals surface area contributed by atoms with Gasteiger partial charge in [0.05, 0.1) is 24.6 Å². The van der Waals surface area contributed by atoms with E-state index in [0.29, 0.717) is 53.3 Å². The Balaban J connectivity index is 1.77. The van der Waals surface area contributed by atoms with Gasteiger partial charge in [-0.05, 0) is 37.5 Å². The summed E-state index contributed by atoms with van der Waals surface area (Å²) in [5.41, 5.74) is 1.63. The molecule has 8 heteroatoms. The highest BCUT2D eigenvalue weighted by atomic mass is 35.5. The van der Waals surface area contributed by atoms with Crippen LogP contribution in [-0.4, -0.2) is 51.9 Å². The average molecular weight is 464 g/mol. The zero-order valence-electron chi connectivity index (χ0n) is 18.4. The molecule has 168 valence electrons. The fraction of sp³-hybridized carbons (Fsp3) is 0.478. The molecule has 0 saturated heterocycles. The van der Waals surface area contributed by atoms with Crippen molar-refractivity contribution >= 4 is 33.2 Å². The van der Waals surface area contributed by atoms with Gasteiger partial charge in [-0.25, -0.2) is 4.98 Å². The first-order valence-corrected chi connectivity index (χ1v) is 11.8. The number of hydrogen-bond donors (Lipinski definition) is 2. The topological polar surface area (TPSA) is 78.5 Å². The number of ether oxygens (including phenoxy) is 1. The highest BCUT2D eigenvalue weighted by molar-refractivity contribution is 7.17. The maximum absolute atomic E-state index is 12.9. The molecular formula is C23H30ClN3O3S. The van der Waals surface area contributed by atoms with Crippen molar-refractivity contribution in [3.63, 3.8) is 0 Å². The first-order valence-electron chi connectivity index (χ1n) is 10.5. The first kappa shape index (κ1) is 23.9. The van der Waals surface area contributed by atoms with Crippen LogP contribution in [0.4, 0.5) is 0 Å². The monoisotopic (exact) mass is 463 g/mol. The number of nitrogens with zero attached hydrogens (tertiary/aromatic N) is 2. The smallest absolute Gasteiger partial charge is 0.260 e. The van der Waals surface area contributed by atoms with E-state index in [0.717, 1.165) is 11.1 Å². The van der Waals surface area contributed by atoms with Gasteiger partial charge in [0.15, 0.2) is 0 Å². The summed E-state index contributed by atoms with van der Waals surface area (Å²) < 4.78 is 5.56. The molecule has 2 N–H and O–H groups in total. The summed E-state index contributed by atoms with van der Waals surface area (Å²) in [7, 11) is 0. The molecule has 31 heavy (non-hydrogen) atoms. The van der Waals surface area contributed by atoms with E-state index < -0.39 is 6.10 Å². The van der Waals surface area contributed by atoms with Crippen molar-refractivity contribution < 1.29 is 9.84 Å². The quantitative estimate of drug-likeness (QED) is 0.461. The van der Waals surface area contributed by atoms with Gasteiger partial charge in [0.25, 0.3) is 5.56 Å². The fourth-order valence-electron chi connectivity index (χ4n) is 3.32. The Morgan fingerprint density at radius 3 is 2.55 bits per heavy atom. The van der Waals surface area contributed by atoms with Crippen molar-refractivity contribution in [2.45, 2.75) is 46.4 Å². The van der Waals surface area contributed by atoms with Crippen LogP contribution in [0.3, 0.4) is 0 Å². The molecule has 0 bridgehead atoms. The minimum absolute atomic E-state index is 0.157. The van der Waals surface area contributed by atoms with Gasteiger partial charge in [-0.1, -0.05) is 37.6 Å². The molecule has 3 aromatic rings. The second kappa shape index (κ2) is 10.7. The van der Waals surface area contributed by atoms with Gasteiger partial charge in [0, 0.05) is 35.2 Å². The maximum Gasteiger partial charge on any atom is 0.260 e. The number of aromatic amines is 1. The summed E-state index contributed by atoms with van der Waals surface area (Å²) in [6.07, 6.45) is -0.602. The zero-order valence-corrected chi connectivity index (χ0v) is 20.0. The number of aliphatic hydroxyl groups excluding tert-OH is 1. The van der Waals surface area contributed by atoms with Crippen LogP contribution in [0.1, 0.15) is 33.5 Å². The molecular weight excluding hydrogens is 434 g/mol. The van der Waals surface area contributed by atoms with E-state index >= 15 is 0 Å². The SMILES string of the molecule is CC(C)COC[C@H](O)CN(Cc1nc2scc(-c3ccc(Cl)cc3)c2c(=O)[nH]1)C(C)C. The number of hydrogen-bond acceptors (Lipinski definition) is 6. The molecule has 0 aliphatic heterocycles. The lowest BCUT2D eigenvalue weighted by molar-refractivity contribution is 0.00129. The van der Waals surface area contributed by atoms with Gasteiger partial charge < -0.3 is 14.8 Å². The van der Waals surface area contributed by atoms with Crippen molar-refractivity contribution in [2.24, 2.45) is 5.92 Å². The Morgan fingerprint density at radius 1 is 1.19 bits per heavy atom. The number of H-pyrrole nitrogens is 1. The Morgan fingerprint density at radius 2 is 1.90 bits per heavy atom. The molecule has 3 rings (SSSR count). The molecule has 0 unspecified atom stereocenters. The van der Waals surface area contributed by atoms with Gasteiger partial charge in [-0.15, -0.1) is 11.3 Å². The first-order chi connectivity index (χ1) is 14.7. The summed E-state index contributed by atoms with van der Waals surface area (Å²) in [5, 5.41) is 13.6. The van der Waals surface area contributed by atoms with Gasteiger partial charge in [0.1, 0.15) is 10.7 Å². The van der Waals surface area contributed by atoms with Crippen LogP contribution in [0, 0.1) is 5.92 Å². The Bertz CT molecular complexity index is 1050. The van der Waals surface area contributed by atoms with E-state index in [9.17, 15) is 9.90 Å². The number of halogens is 1. The van der Waals surface area contributed by atoms with Gasteiger partial charge in [-0.2, -0.15) is 0 Å². The molecule has 0 saturated carbocycles. The van der Waals surface area contributed by atoms with Crippen LogP contribution >= 0.6 is 22.9 Å². The molecule has 0 amide bonds. The molecule has 1 atom stereocenters. The van der Waals surface area contributed by atoms with Crippen LogP contribution in [-0.2, 0) is 11.3 Å². The van der Waals surface area contributed by atoms with E-state index in [1.54, 1.807) is 0 Å². The third-order valence-electron chi connectivity index (χ3n) is 4.94. The molecule has 2 heterocycles. The molecule has 6 nitrogen and oxygen atoms in total. The van der Waals surface area contributed by atoms with Crippen LogP contribution in [0.5, 0.6) is 0 Å². The summed E-state index contributed by atoms with van der Waals surface area (Å²) in [5.74, 6) is 1.02. The third-order valence-corrected chi connectivity index (χ3v) is 6.06. The Hall–Kier alpha value is -1.77. The minimum Gasteiger partial charge on any atom is -0.389 e. The minimum atomic E-state index is -0.602. The molecule has 0 radical (unpaired) electrons. The van der Waals surface area contributed by atoms with Gasteiger partial charge in [0.2, 0.25) is 0 Å². The summed E-state index contributed by atoms with van der Waals surface area (Å²) in [6.45, 7) is 10.1. The fourth-order valence-corrected chi connectivity index (χ4v) is 4.42. The summed E-state index contributed by atoms with van der Waals surface area (Å²) >= 11 is 7.44. The molecule has 0 aliphatic carbocycles. The highest BCUT2D eigenvalue weighted by Crippen LogP contribution is 2.31. The largest absolute Gasteiger partial charge is 0.389 e. The van der Waals surface area contributed by atoms with Crippen LogP contribution in [0.15, 0.2) is 34.4 Å². The molecule has 1 aromatic carbocycles. The Kier molecular flexibility index (Phi) is 8.24. The number of benzene rings is 1. The third kappa shape index (κ3) is 6.37. The number of rotatable bonds is 10. The lowest BCUT2D eigenvalue weighted by Gasteiger charge is -2.28. The summed E-state index contributed by atoms with van der Waals surface area (Å²) in [6, 6.07) is 7.61. The van der Waals surface area contributed by atoms with Crippen LogP contribution in [0.25, 0.3) is 21.3 Å². The predicted octanol–water partition coefficient (Wildman–Crippen LogP) is 4.55. The standard InChI is InChI=1S/C23H30ClN3O3S/c1-14(2)11-30-12-18(28)9-27(15(3)4)10-20-25-22(29)21-19(13-31-23(21)26-20)16-5-7-17(24)8-6-16/h5-8,13-15,18,28H,9-12H2,1-4H3,(H,25,26,29)/t18-/m1/s1. The second-order valence-corrected chi connectivity index (χ2v) is 9.75. The molecule has 0 spiro atoms. The predicted molar refractivity (Wildman–Crippen MR) is 128 cm³/mol. The molecule has 2 aromatic heterocycles. The van der Waals surface area contributed by atoms with Gasteiger partial charge >= 0.3 is 0 Å². The second-order valence-electron chi connectivity index (χ2n) is 8.46. The maximum atomic E-state index is 12.9. The Labute approximate surface area is 191 Å². The molecule has 0 aliphatic rings. The van der Waals surface area contributed by atoms with E-state index in [4.69, 9.17) is 21.3 Å². The number of thiophene rings is 1. The van der Waals surface area contributed by atoms with Crippen molar-refractivity contribution in [1.29, 1.82) is 0 Å². The summed E-state index contributed by atoms with van der Waals surface area (Å²) in [4.78, 5) is 23.3. The number of fused-ring (bicyclic) bond motifs is 1. The van der Waals surface area contributed by atoms with Crippen molar-refractivity contribution in [3.05, 3.63) is 50.8 Å². The van der Waals surface area contributed by atoms with Gasteiger partial charge in [-0.3, -0.25) is 9.69 Å². The van der Waals surface area contributed by atoms with E-state index in [1.165, 1.54) is 11.3 Å². The lowest BCUT2D eigenvalue weighted by atomic mass is 10.1. The van der Waals surface area contributed by atoms with E-state index in [1.807, 2.05) is 29.6 Å². The van der Waals surface area contributed by atoms with Crippen molar-refractivity contribution in [1.82, 2.24) is 14.9 Å². The van der Waals surface area contributed by atoms with Crippen molar-refractivity contribution in [2.75, 3.05) is 19.8 Å². The lowest BCUT2D eigenvalue weighted by Crippen LogP contribution is -2.39. The van der Waals surface area contributed by atoms with Crippen LogP contribution < -0.4 is 5.56 Å². The molecule has 0 fully saturated rings.